The highest BCUT2D eigenvalue weighted by Crippen LogP contribution is 2.24. The zero-order chi connectivity index (χ0) is 19.9. The number of esters is 1. The van der Waals surface area contributed by atoms with Crippen molar-refractivity contribution in [2.75, 3.05) is 19.1 Å². The number of rotatable bonds is 7. The van der Waals surface area contributed by atoms with E-state index >= 15 is 0 Å². The molecule has 0 aliphatic heterocycles. The normalized spacial score (nSPS) is 11.8. The molecule has 2 heterocycles. The van der Waals surface area contributed by atoms with Crippen LogP contribution in [0.25, 0.3) is 22.3 Å². The van der Waals surface area contributed by atoms with E-state index in [9.17, 15) is 9.59 Å². The van der Waals surface area contributed by atoms with Crippen LogP contribution in [0.15, 0.2) is 54.7 Å². The molecule has 0 radical (unpaired) electrons. The molecule has 0 unspecified atom stereocenters. The van der Waals surface area contributed by atoms with Gasteiger partial charge in [0, 0.05) is 11.6 Å². The molecule has 1 N–H and O–H groups in total. The number of hydrogen-bond acceptors (Lipinski definition) is 6. The van der Waals surface area contributed by atoms with Crippen molar-refractivity contribution in [3.05, 3.63) is 60.3 Å². The molecule has 1 aromatic carbocycles. The quantitative estimate of drug-likeness (QED) is 0.618. The van der Waals surface area contributed by atoms with Gasteiger partial charge in [0.25, 0.3) is 5.91 Å². The van der Waals surface area contributed by atoms with Crippen LogP contribution in [0.4, 0.5) is 0 Å². The highest BCUT2D eigenvalue weighted by Gasteiger charge is 2.23. The molecule has 0 bridgehead atoms. The second-order valence-corrected chi connectivity index (χ2v) is 7.10. The Balaban J connectivity index is 2.00. The third kappa shape index (κ3) is 4.48. The fourth-order valence-corrected chi connectivity index (χ4v) is 3.34. The molecule has 0 spiro atoms. The Labute approximate surface area is 167 Å². The van der Waals surface area contributed by atoms with E-state index in [-0.39, 0.29) is 5.91 Å². The number of hydrogen-bond donors (Lipinski definition) is 1. The molecule has 0 aliphatic rings. The van der Waals surface area contributed by atoms with Gasteiger partial charge >= 0.3 is 5.97 Å². The second-order valence-electron chi connectivity index (χ2n) is 6.12. The van der Waals surface area contributed by atoms with E-state index in [0.717, 1.165) is 5.75 Å². The number of pyridine rings is 2. The van der Waals surface area contributed by atoms with Gasteiger partial charge < -0.3 is 10.1 Å². The number of nitrogens with zero attached hydrogens (tertiary/aromatic N) is 2. The summed E-state index contributed by atoms with van der Waals surface area (Å²) in [5.74, 6) is -0.0611. The van der Waals surface area contributed by atoms with Crippen molar-refractivity contribution in [3.8, 4) is 11.4 Å². The van der Waals surface area contributed by atoms with E-state index in [1.165, 1.54) is 7.11 Å². The summed E-state index contributed by atoms with van der Waals surface area (Å²) in [6, 6.07) is 14.0. The van der Waals surface area contributed by atoms with Crippen LogP contribution in [0.2, 0.25) is 0 Å². The number of benzene rings is 1. The molecule has 144 valence electrons. The van der Waals surface area contributed by atoms with Crippen LogP contribution in [0.1, 0.15) is 16.8 Å². The standard InChI is InChI=1S/C21H21N3O3S/c1-27-21(26)18(10-12-28-2)24-20(25)15-13-19(17-9-5-6-11-22-17)23-16-8-4-3-7-14(15)16/h3-9,11,13,18H,10,12H2,1-2H3,(H,24,25)/t18-/m1/s1. The van der Waals surface area contributed by atoms with E-state index in [0.29, 0.717) is 34.3 Å². The summed E-state index contributed by atoms with van der Waals surface area (Å²) in [6.07, 6.45) is 4.13. The number of aromatic nitrogens is 2. The first-order valence-corrected chi connectivity index (χ1v) is 10.2. The molecule has 28 heavy (non-hydrogen) atoms. The number of carbonyl (C=O) groups excluding carboxylic acids is 2. The molecule has 1 amide bonds. The number of ether oxygens (including phenoxy) is 1. The Morgan fingerprint density at radius 3 is 2.64 bits per heavy atom. The van der Waals surface area contributed by atoms with Gasteiger partial charge in [0.1, 0.15) is 6.04 Å². The number of nitrogens with one attached hydrogen (secondary N) is 1. The van der Waals surface area contributed by atoms with E-state index in [1.54, 1.807) is 24.0 Å². The summed E-state index contributed by atoms with van der Waals surface area (Å²) in [5.41, 5.74) is 2.41. The maximum Gasteiger partial charge on any atom is 0.328 e. The number of carbonyl (C=O) groups is 2. The van der Waals surface area contributed by atoms with Gasteiger partial charge in [-0.3, -0.25) is 9.78 Å². The van der Waals surface area contributed by atoms with Crippen molar-refractivity contribution in [2.24, 2.45) is 0 Å². The minimum atomic E-state index is -0.699. The third-order valence-corrected chi connectivity index (χ3v) is 4.93. The molecule has 3 rings (SSSR count). The van der Waals surface area contributed by atoms with Gasteiger partial charge in [0.05, 0.1) is 29.6 Å². The largest absolute Gasteiger partial charge is 0.467 e. The molecular weight excluding hydrogens is 374 g/mol. The Bertz CT molecular complexity index is 979. The first-order chi connectivity index (χ1) is 13.6. The molecule has 0 saturated carbocycles. The predicted octanol–water partition coefficient (Wildman–Crippen LogP) is 3.32. The summed E-state index contributed by atoms with van der Waals surface area (Å²) in [7, 11) is 1.32. The van der Waals surface area contributed by atoms with Crippen LogP contribution in [-0.4, -0.2) is 47.0 Å². The van der Waals surface area contributed by atoms with E-state index in [1.807, 2.05) is 48.7 Å². The van der Waals surface area contributed by atoms with Gasteiger partial charge in [-0.1, -0.05) is 24.3 Å². The van der Waals surface area contributed by atoms with Gasteiger partial charge in [-0.15, -0.1) is 0 Å². The topological polar surface area (TPSA) is 81.2 Å². The van der Waals surface area contributed by atoms with Gasteiger partial charge in [-0.05, 0) is 42.7 Å². The number of thioether (sulfide) groups is 1. The number of fused-ring (bicyclic) bond motifs is 1. The Morgan fingerprint density at radius 1 is 1.14 bits per heavy atom. The van der Waals surface area contributed by atoms with Gasteiger partial charge in [-0.25, -0.2) is 9.78 Å². The monoisotopic (exact) mass is 395 g/mol. The van der Waals surface area contributed by atoms with Crippen molar-refractivity contribution in [2.45, 2.75) is 12.5 Å². The number of para-hydroxylation sites is 1. The molecule has 6 nitrogen and oxygen atoms in total. The highest BCUT2D eigenvalue weighted by molar-refractivity contribution is 7.98. The van der Waals surface area contributed by atoms with Crippen molar-refractivity contribution in [1.29, 1.82) is 0 Å². The van der Waals surface area contributed by atoms with Crippen LogP contribution in [0, 0.1) is 0 Å². The number of amides is 1. The Kier molecular flexibility index (Phi) is 6.60. The lowest BCUT2D eigenvalue weighted by molar-refractivity contribution is -0.142. The van der Waals surface area contributed by atoms with Crippen LogP contribution >= 0.6 is 11.8 Å². The smallest absolute Gasteiger partial charge is 0.328 e. The fourth-order valence-electron chi connectivity index (χ4n) is 2.87. The lowest BCUT2D eigenvalue weighted by Crippen LogP contribution is -2.42. The van der Waals surface area contributed by atoms with Crippen LogP contribution < -0.4 is 5.32 Å². The lowest BCUT2D eigenvalue weighted by Gasteiger charge is -2.17. The minimum absolute atomic E-state index is 0.340. The first-order valence-electron chi connectivity index (χ1n) is 8.83. The average Bonchev–Trinajstić information content (AvgIpc) is 2.75. The predicted molar refractivity (Wildman–Crippen MR) is 111 cm³/mol. The summed E-state index contributed by atoms with van der Waals surface area (Å²) in [4.78, 5) is 34.1. The molecule has 0 fully saturated rings. The SMILES string of the molecule is COC(=O)[C@@H](CCSC)NC(=O)c1cc(-c2ccccn2)nc2ccccc12. The van der Waals surface area contributed by atoms with Crippen molar-refractivity contribution >= 4 is 34.5 Å². The number of methoxy groups -OCH3 is 1. The van der Waals surface area contributed by atoms with Gasteiger partial charge in [0.2, 0.25) is 0 Å². The first kappa shape index (κ1) is 19.8. The van der Waals surface area contributed by atoms with Crippen LogP contribution in [-0.2, 0) is 9.53 Å². The summed E-state index contributed by atoms with van der Waals surface area (Å²) < 4.78 is 4.84. The second kappa shape index (κ2) is 9.32. The van der Waals surface area contributed by atoms with Crippen molar-refractivity contribution in [1.82, 2.24) is 15.3 Å². The third-order valence-electron chi connectivity index (χ3n) is 4.29. The molecule has 2 aromatic heterocycles. The summed E-state index contributed by atoms with van der Waals surface area (Å²) >= 11 is 1.61. The van der Waals surface area contributed by atoms with Crippen LogP contribution in [0.3, 0.4) is 0 Å². The van der Waals surface area contributed by atoms with Crippen molar-refractivity contribution in [3.63, 3.8) is 0 Å². The minimum Gasteiger partial charge on any atom is -0.467 e. The molecular formula is C21H21N3O3S. The van der Waals surface area contributed by atoms with E-state index < -0.39 is 12.0 Å². The zero-order valence-corrected chi connectivity index (χ0v) is 16.5. The van der Waals surface area contributed by atoms with Gasteiger partial charge in [-0.2, -0.15) is 11.8 Å². The molecule has 1 atom stereocenters. The Morgan fingerprint density at radius 2 is 1.93 bits per heavy atom. The maximum atomic E-state index is 13.1. The fraction of sp³-hybridized carbons (Fsp3) is 0.238. The van der Waals surface area contributed by atoms with Crippen molar-refractivity contribution < 1.29 is 14.3 Å². The summed E-state index contributed by atoms with van der Waals surface area (Å²) in [5, 5.41) is 3.53. The average molecular weight is 395 g/mol. The summed E-state index contributed by atoms with van der Waals surface area (Å²) in [6.45, 7) is 0. The Hall–Kier alpha value is -2.93. The van der Waals surface area contributed by atoms with E-state index in [2.05, 4.69) is 15.3 Å². The maximum absolute atomic E-state index is 13.1. The molecule has 0 aliphatic carbocycles. The van der Waals surface area contributed by atoms with Gasteiger partial charge in [0.15, 0.2) is 0 Å². The zero-order valence-electron chi connectivity index (χ0n) is 15.7. The highest BCUT2D eigenvalue weighted by atomic mass is 32.2. The molecule has 7 heteroatoms. The molecule has 0 saturated heterocycles. The lowest BCUT2D eigenvalue weighted by atomic mass is 10.0. The molecule has 3 aromatic rings. The van der Waals surface area contributed by atoms with Crippen LogP contribution in [0.5, 0.6) is 0 Å². The van der Waals surface area contributed by atoms with E-state index in [4.69, 9.17) is 4.74 Å².